The summed E-state index contributed by atoms with van der Waals surface area (Å²) in [6.07, 6.45) is 1.96. The molecule has 1 aliphatic rings. The Hall–Kier alpha value is -5.30. The lowest BCUT2D eigenvalue weighted by molar-refractivity contribution is -0.125. The molecular formula is C38H37ClN4O7S. The van der Waals surface area contributed by atoms with Crippen molar-refractivity contribution in [3.8, 4) is 5.75 Å². The monoisotopic (exact) mass is 728 g/mol. The quantitative estimate of drug-likeness (QED) is 0.0979. The van der Waals surface area contributed by atoms with Crippen molar-refractivity contribution in [2.75, 3.05) is 49.5 Å². The van der Waals surface area contributed by atoms with E-state index in [4.69, 9.17) is 21.1 Å². The van der Waals surface area contributed by atoms with Gasteiger partial charge in [0.05, 0.1) is 32.4 Å². The van der Waals surface area contributed by atoms with Gasteiger partial charge in [-0.15, -0.1) is 22.9 Å². The molecule has 11 nitrogen and oxygen atoms in total. The molecule has 5 rings (SSSR count). The summed E-state index contributed by atoms with van der Waals surface area (Å²) in [6, 6.07) is 23.8. The van der Waals surface area contributed by atoms with Crippen molar-refractivity contribution in [1.82, 2.24) is 10.6 Å². The predicted octanol–water partition coefficient (Wildman–Crippen LogP) is 5.33. The first-order valence-electron chi connectivity index (χ1n) is 16.2. The molecule has 0 radical (unpaired) electrons. The molecule has 3 amide bonds. The van der Waals surface area contributed by atoms with Crippen molar-refractivity contribution < 1.29 is 33.4 Å². The Morgan fingerprint density at radius 1 is 0.902 bits per heavy atom. The minimum absolute atomic E-state index is 0.0670. The lowest BCUT2D eigenvalue weighted by atomic mass is 9.92. The van der Waals surface area contributed by atoms with E-state index >= 15 is 0 Å². The zero-order chi connectivity index (χ0) is 36.2. The van der Waals surface area contributed by atoms with Gasteiger partial charge in [-0.25, -0.2) is 0 Å². The van der Waals surface area contributed by atoms with E-state index in [2.05, 4.69) is 16.0 Å². The molecule has 1 heterocycles. The molecule has 1 atom stereocenters. The van der Waals surface area contributed by atoms with Crippen molar-refractivity contribution in [1.29, 1.82) is 0 Å². The van der Waals surface area contributed by atoms with E-state index < -0.39 is 11.9 Å². The zero-order valence-electron chi connectivity index (χ0n) is 27.9. The van der Waals surface area contributed by atoms with Gasteiger partial charge in [-0.2, -0.15) is 0 Å². The number of carbonyl (C=O) groups excluding carboxylic acids is 5. The smallest absolute Gasteiger partial charge is 0.248 e. The second-order valence-electron chi connectivity index (χ2n) is 11.4. The normalized spacial score (nSPS) is 12.7. The summed E-state index contributed by atoms with van der Waals surface area (Å²) in [4.78, 5) is 66.7. The van der Waals surface area contributed by atoms with Crippen molar-refractivity contribution in [2.45, 2.75) is 18.9 Å². The number of thiophene rings is 1. The van der Waals surface area contributed by atoms with Crippen LogP contribution in [0.4, 0.5) is 11.4 Å². The van der Waals surface area contributed by atoms with Gasteiger partial charge in [0.2, 0.25) is 23.5 Å². The number of alkyl halides is 1. The number of amides is 3. The van der Waals surface area contributed by atoms with Gasteiger partial charge >= 0.3 is 0 Å². The van der Waals surface area contributed by atoms with Gasteiger partial charge < -0.3 is 25.4 Å². The summed E-state index contributed by atoms with van der Waals surface area (Å²) in [6.45, 7) is 0.976. The standard InChI is InChI=1S/C38H37ClN4O7S/c1-49-28-13-14-29-30(22-28)32(44)23-31(37(29)47)40-18-20-50-19-16-34(45)42-26-9-11-27(12-10-26)43(35(46)24-39)36(33-8-5-21-51-33)38(48)41-17-15-25-6-3-2-4-7-25/h2-14,21-23,36,40H,15-20,24H2,1H3,(H,41,48)(H,42,45). The number of ether oxygens (including phenoxy) is 2. The van der Waals surface area contributed by atoms with Crippen LogP contribution in [0.25, 0.3) is 0 Å². The van der Waals surface area contributed by atoms with Crippen LogP contribution in [0, 0.1) is 0 Å². The summed E-state index contributed by atoms with van der Waals surface area (Å²) >= 11 is 7.39. The van der Waals surface area contributed by atoms with Gasteiger partial charge in [0.25, 0.3) is 0 Å². The molecule has 1 aliphatic carbocycles. The van der Waals surface area contributed by atoms with Crippen LogP contribution in [0.3, 0.4) is 0 Å². The average molecular weight is 729 g/mol. The van der Waals surface area contributed by atoms with Crippen molar-refractivity contribution >= 4 is 63.6 Å². The number of allylic oxidation sites excluding steroid dienone is 2. The molecule has 264 valence electrons. The third kappa shape index (κ3) is 9.69. The molecular weight excluding hydrogens is 692 g/mol. The zero-order valence-corrected chi connectivity index (χ0v) is 29.4. The molecule has 0 fully saturated rings. The Morgan fingerprint density at radius 3 is 2.39 bits per heavy atom. The third-order valence-corrected chi connectivity index (χ3v) is 9.13. The van der Waals surface area contributed by atoms with E-state index in [0.717, 1.165) is 5.56 Å². The minimum atomic E-state index is -0.938. The van der Waals surface area contributed by atoms with Crippen LogP contribution in [0.1, 0.15) is 43.6 Å². The summed E-state index contributed by atoms with van der Waals surface area (Å²) in [5, 5.41) is 10.6. The molecule has 1 unspecified atom stereocenters. The van der Waals surface area contributed by atoms with E-state index in [1.807, 2.05) is 41.8 Å². The number of hydrogen-bond donors (Lipinski definition) is 3. The van der Waals surface area contributed by atoms with Gasteiger partial charge in [-0.3, -0.25) is 28.9 Å². The van der Waals surface area contributed by atoms with Gasteiger partial charge in [0.1, 0.15) is 17.7 Å². The van der Waals surface area contributed by atoms with Gasteiger partial charge in [0.15, 0.2) is 5.78 Å². The molecule has 0 spiro atoms. The molecule has 51 heavy (non-hydrogen) atoms. The molecule has 13 heteroatoms. The van der Waals surface area contributed by atoms with E-state index in [9.17, 15) is 24.0 Å². The highest BCUT2D eigenvalue weighted by Crippen LogP contribution is 2.32. The van der Waals surface area contributed by atoms with E-state index in [-0.39, 0.29) is 61.1 Å². The van der Waals surface area contributed by atoms with Gasteiger partial charge in [0, 0.05) is 46.5 Å². The third-order valence-electron chi connectivity index (χ3n) is 7.98. The molecule has 0 bridgehead atoms. The number of fused-ring (bicyclic) bond motifs is 1. The lowest BCUT2D eigenvalue weighted by Crippen LogP contribution is -2.44. The maximum atomic E-state index is 13.6. The SMILES string of the molecule is COc1ccc2c(c1)C(=O)C=C(NCCOCCC(=O)Nc1ccc(N(C(=O)CCl)C(C(=O)NCCc3ccccc3)c3cccs3)cc1)C2=O. The number of halogens is 1. The molecule has 0 saturated carbocycles. The number of ketones is 2. The molecule has 3 N–H and O–H groups in total. The predicted molar refractivity (Wildman–Crippen MR) is 197 cm³/mol. The van der Waals surface area contributed by atoms with E-state index in [1.54, 1.807) is 48.5 Å². The summed E-state index contributed by atoms with van der Waals surface area (Å²) < 4.78 is 10.7. The highest BCUT2D eigenvalue weighted by molar-refractivity contribution is 7.10. The van der Waals surface area contributed by atoms with Crippen molar-refractivity contribution in [3.63, 3.8) is 0 Å². The first-order chi connectivity index (χ1) is 24.8. The van der Waals surface area contributed by atoms with Gasteiger partial charge in [-0.1, -0.05) is 36.4 Å². The highest BCUT2D eigenvalue weighted by Gasteiger charge is 2.33. The topological polar surface area (TPSA) is 143 Å². The van der Waals surface area contributed by atoms with Crippen LogP contribution in [-0.2, 0) is 25.5 Å². The van der Waals surface area contributed by atoms with Crippen molar-refractivity contribution in [3.05, 3.63) is 124 Å². The van der Waals surface area contributed by atoms with Crippen LogP contribution in [0.15, 0.2) is 102 Å². The summed E-state index contributed by atoms with van der Waals surface area (Å²) in [5.41, 5.74) is 2.80. The van der Waals surface area contributed by atoms with Gasteiger partial charge in [-0.05, 0) is 65.9 Å². The highest BCUT2D eigenvalue weighted by atomic mass is 35.5. The summed E-state index contributed by atoms with van der Waals surface area (Å²) in [7, 11) is 1.49. The largest absolute Gasteiger partial charge is 0.497 e. The molecule has 0 aliphatic heterocycles. The fourth-order valence-corrected chi connectivity index (χ4v) is 6.39. The number of anilines is 2. The number of carbonyl (C=O) groups is 5. The lowest BCUT2D eigenvalue weighted by Gasteiger charge is -2.30. The molecule has 1 aromatic heterocycles. The number of nitrogens with one attached hydrogen (secondary N) is 3. The Kier molecular flexibility index (Phi) is 13.1. The first kappa shape index (κ1) is 37.0. The number of hydrogen-bond acceptors (Lipinski definition) is 9. The maximum absolute atomic E-state index is 13.6. The van der Waals surface area contributed by atoms with Crippen molar-refractivity contribution in [2.24, 2.45) is 0 Å². The summed E-state index contributed by atoms with van der Waals surface area (Å²) in [5.74, 6) is -1.49. The number of methoxy groups -OCH3 is 1. The van der Waals surface area contributed by atoms with Crippen LogP contribution >= 0.6 is 22.9 Å². The first-order valence-corrected chi connectivity index (χ1v) is 17.6. The fraction of sp³-hybridized carbons (Fsp3) is 0.237. The Morgan fingerprint density at radius 2 is 1.69 bits per heavy atom. The molecule has 0 saturated heterocycles. The van der Waals surface area contributed by atoms with Crippen LogP contribution in [0.2, 0.25) is 0 Å². The number of nitrogens with zero attached hydrogens (tertiary/aromatic N) is 1. The molecule has 4 aromatic rings. The second-order valence-corrected chi connectivity index (χ2v) is 12.6. The van der Waals surface area contributed by atoms with E-state index in [1.165, 1.54) is 29.4 Å². The number of benzene rings is 3. The Labute approximate surface area is 304 Å². The Bertz CT molecular complexity index is 1880. The molecule has 3 aromatic carbocycles. The maximum Gasteiger partial charge on any atom is 0.248 e. The van der Waals surface area contributed by atoms with Crippen LogP contribution in [0.5, 0.6) is 5.75 Å². The fourth-order valence-electron chi connectivity index (χ4n) is 5.45. The number of rotatable bonds is 17. The minimum Gasteiger partial charge on any atom is -0.497 e. The van der Waals surface area contributed by atoms with E-state index in [0.29, 0.717) is 46.1 Å². The average Bonchev–Trinajstić information content (AvgIpc) is 3.68. The van der Waals surface area contributed by atoms with Crippen LogP contribution in [-0.4, -0.2) is 68.6 Å². The second kappa shape index (κ2) is 18.1. The number of Topliss-reactive ketones (excluding diaryl/α,β-unsaturated/α-hetero) is 1. The van der Waals surface area contributed by atoms with Crippen LogP contribution < -0.4 is 25.6 Å². The Balaban J connectivity index is 1.11.